The number of sulfonamides is 1. The Morgan fingerprint density at radius 2 is 2.07 bits per heavy atom. The number of rotatable bonds is 5. The number of nitrogens with one attached hydrogen (secondary N) is 2. The third-order valence-corrected chi connectivity index (χ3v) is 6.17. The van der Waals surface area contributed by atoms with Crippen molar-refractivity contribution in [1.29, 1.82) is 0 Å². The molecule has 28 heavy (non-hydrogen) atoms. The van der Waals surface area contributed by atoms with E-state index in [1.165, 1.54) is 6.07 Å². The van der Waals surface area contributed by atoms with Crippen LogP contribution in [0.5, 0.6) is 5.75 Å². The summed E-state index contributed by atoms with van der Waals surface area (Å²) in [7, 11) is -2.19. The fraction of sp³-hybridized carbons (Fsp3) is 0.235. The second kappa shape index (κ2) is 7.70. The molecule has 0 fully saturated rings. The fourth-order valence-electron chi connectivity index (χ4n) is 2.89. The Hall–Kier alpha value is -2.76. The van der Waals surface area contributed by atoms with Crippen LogP contribution in [0.4, 0.5) is 0 Å². The molecular formula is C17H18N6O3S2. The van der Waals surface area contributed by atoms with E-state index in [1.807, 2.05) is 29.2 Å². The maximum atomic E-state index is 12.7. The van der Waals surface area contributed by atoms with Crippen LogP contribution in [-0.4, -0.2) is 48.5 Å². The molecule has 3 aromatic rings. The Bertz CT molecular complexity index is 1130. The topological polar surface area (TPSA) is 109 Å². The number of benzene rings is 2. The Labute approximate surface area is 166 Å². The van der Waals surface area contributed by atoms with Gasteiger partial charge in [0, 0.05) is 12.1 Å². The normalized spacial score (nSPS) is 15.1. The van der Waals surface area contributed by atoms with Gasteiger partial charge in [0.2, 0.25) is 5.96 Å². The average Bonchev–Trinajstić information content (AvgIpc) is 3.18. The Kier molecular flexibility index (Phi) is 5.11. The lowest BCUT2D eigenvalue weighted by molar-refractivity contribution is 0.251. The molecule has 2 heterocycles. The third-order valence-electron chi connectivity index (χ3n) is 4.25. The number of hydrogen-bond acceptors (Lipinski definition) is 9. The van der Waals surface area contributed by atoms with Crippen molar-refractivity contribution in [2.45, 2.75) is 11.4 Å². The second-order valence-corrected chi connectivity index (χ2v) is 8.30. The molecule has 0 saturated carbocycles. The first-order valence-electron chi connectivity index (χ1n) is 8.43. The molecule has 2 aromatic carbocycles. The first-order valence-corrected chi connectivity index (χ1v) is 10.6. The van der Waals surface area contributed by atoms with Crippen molar-refractivity contribution in [2.75, 3.05) is 20.4 Å². The highest BCUT2D eigenvalue weighted by Crippen LogP contribution is 2.21. The molecule has 11 heteroatoms. The van der Waals surface area contributed by atoms with E-state index in [0.717, 1.165) is 23.0 Å². The van der Waals surface area contributed by atoms with Crippen molar-refractivity contribution in [3.05, 3.63) is 48.0 Å². The molecule has 0 radical (unpaired) electrons. The summed E-state index contributed by atoms with van der Waals surface area (Å²) in [6, 6.07) is 12.6. The molecule has 2 N–H and O–H groups in total. The van der Waals surface area contributed by atoms with E-state index < -0.39 is 10.0 Å². The van der Waals surface area contributed by atoms with Crippen LogP contribution >= 0.6 is 11.7 Å². The van der Waals surface area contributed by atoms with Crippen LogP contribution in [0, 0.1) is 0 Å². The van der Waals surface area contributed by atoms with Gasteiger partial charge < -0.3 is 10.1 Å². The number of aliphatic imine (C=N–C) groups is 1. The lowest BCUT2D eigenvalue weighted by atomic mass is 10.2. The first kappa shape index (κ1) is 18.6. The molecule has 1 aliphatic heterocycles. The van der Waals surface area contributed by atoms with E-state index in [4.69, 9.17) is 4.74 Å². The van der Waals surface area contributed by atoms with Crippen molar-refractivity contribution >= 4 is 38.7 Å². The SMILES string of the molecule is COc1ccccc1CN1CN=C(NS(=O)(=O)c2cccc3nsnc23)NC1. The molecule has 0 spiro atoms. The highest BCUT2D eigenvalue weighted by atomic mass is 32.2. The van der Waals surface area contributed by atoms with Gasteiger partial charge in [-0.3, -0.25) is 4.90 Å². The molecule has 4 rings (SSSR count). The van der Waals surface area contributed by atoms with Crippen LogP contribution in [0.3, 0.4) is 0 Å². The van der Waals surface area contributed by atoms with Gasteiger partial charge in [0.15, 0.2) is 0 Å². The lowest BCUT2D eigenvalue weighted by Gasteiger charge is -2.27. The van der Waals surface area contributed by atoms with Gasteiger partial charge in [0.05, 0.1) is 32.2 Å². The molecular weight excluding hydrogens is 400 g/mol. The highest BCUT2D eigenvalue weighted by molar-refractivity contribution is 7.90. The van der Waals surface area contributed by atoms with Crippen molar-refractivity contribution in [2.24, 2.45) is 4.99 Å². The Morgan fingerprint density at radius 1 is 1.21 bits per heavy atom. The minimum absolute atomic E-state index is 0.0831. The van der Waals surface area contributed by atoms with Crippen LogP contribution in [0.15, 0.2) is 52.4 Å². The molecule has 0 saturated heterocycles. The quantitative estimate of drug-likeness (QED) is 0.644. The molecule has 0 unspecified atom stereocenters. The monoisotopic (exact) mass is 418 g/mol. The van der Waals surface area contributed by atoms with Gasteiger partial charge in [0.25, 0.3) is 10.0 Å². The summed E-state index contributed by atoms with van der Waals surface area (Å²) in [5.41, 5.74) is 1.94. The summed E-state index contributed by atoms with van der Waals surface area (Å²) in [6.07, 6.45) is 0. The van der Waals surface area contributed by atoms with E-state index in [0.29, 0.717) is 30.9 Å². The predicted molar refractivity (Wildman–Crippen MR) is 107 cm³/mol. The zero-order valence-corrected chi connectivity index (χ0v) is 16.6. The summed E-state index contributed by atoms with van der Waals surface area (Å²) < 4.78 is 41.5. The minimum atomic E-state index is -3.82. The zero-order chi connectivity index (χ0) is 19.6. The van der Waals surface area contributed by atoms with Gasteiger partial charge in [-0.15, -0.1) is 0 Å². The number of fused-ring (bicyclic) bond motifs is 1. The summed E-state index contributed by atoms with van der Waals surface area (Å²) in [4.78, 5) is 6.42. The van der Waals surface area contributed by atoms with Crippen LogP contribution in [0.25, 0.3) is 11.0 Å². The molecule has 0 bridgehead atoms. The number of nitrogens with zero attached hydrogens (tertiary/aromatic N) is 4. The molecule has 0 aliphatic carbocycles. The van der Waals surface area contributed by atoms with Crippen LogP contribution < -0.4 is 14.8 Å². The number of hydrogen-bond donors (Lipinski definition) is 2. The van der Waals surface area contributed by atoms with Gasteiger partial charge in [0.1, 0.15) is 21.7 Å². The highest BCUT2D eigenvalue weighted by Gasteiger charge is 2.23. The minimum Gasteiger partial charge on any atom is -0.496 e. The predicted octanol–water partition coefficient (Wildman–Crippen LogP) is 1.35. The van der Waals surface area contributed by atoms with Gasteiger partial charge in [-0.25, -0.2) is 18.1 Å². The largest absolute Gasteiger partial charge is 0.496 e. The zero-order valence-electron chi connectivity index (χ0n) is 15.0. The molecule has 1 aromatic heterocycles. The molecule has 1 aliphatic rings. The maximum Gasteiger partial charge on any atom is 0.266 e. The van der Waals surface area contributed by atoms with Gasteiger partial charge in [-0.2, -0.15) is 8.75 Å². The molecule has 0 amide bonds. The number of aromatic nitrogens is 2. The van der Waals surface area contributed by atoms with Crippen molar-refractivity contribution in [3.63, 3.8) is 0 Å². The van der Waals surface area contributed by atoms with E-state index in [1.54, 1.807) is 19.2 Å². The summed E-state index contributed by atoms with van der Waals surface area (Å²) in [5.74, 6) is 1.01. The summed E-state index contributed by atoms with van der Waals surface area (Å²) in [5, 5.41) is 3.01. The van der Waals surface area contributed by atoms with Crippen molar-refractivity contribution < 1.29 is 13.2 Å². The standard InChI is InChI=1S/C17H18N6O3S2/c1-26-14-7-3-2-5-12(14)9-23-10-18-17(19-11-23)22-28(24,25)15-8-4-6-13-16(15)21-27-20-13/h2-8H,9-11H2,1H3,(H2,18,19,22). The fourth-order valence-corrected chi connectivity index (χ4v) is 4.66. The number of guanidine groups is 1. The van der Waals surface area contributed by atoms with Crippen molar-refractivity contribution in [1.82, 2.24) is 23.7 Å². The lowest BCUT2D eigenvalue weighted by Crippen LogP contribution is -2.49. The van der Waals surface area contributed by atoms with Gasteiger partial charge in [-0.1, -0.05) is 24.3 Å². The molecule has 9 nitrogen and oxygen atoms in total. The average molecular weight is 419 g/mol. The second-order valence-electron chi connectivity index (χ2n) is 6.12. The van der Waals surface area contributed by atoms with Crippen molar-refractivity contribution in [3.8, 4) is 5.75 Å². The number of ether oxygens (including phenoxy) is 1. The van der Waals surface area contributed by atoms with Gasteiger partial charge >= 0.3 is 0 Å². The van der Waals surface area contributed by atoms with E-state index >= 15 is 0 Å². The Balaban J connectivity index is 1.46. The number of para-hydroxylation sites is 1. The molecule has 146 valence electrons. The third kappa shape index (κ3) is 3.77. The van der Waals surface area contributed by atoms with Crippen LogP contribution in [-0.2, 0) is 16.6 Å². The summed E-state index contributed by atoms with van der Waals surface area (Å²) in [6.45, 7) is 1.43. The first-order chi connectivity index (χ1) is 13.6. The molecule has 0 atom stereocenters. The van der Waals surface area contributed by atoms with Crippen LogP contribution in [0.2, 0.25) is 0 Å². The maximum absolute atomic E-state index is 12.7. The van der Waals surface area contributed by atoms with E-state index in [-0.39, 0.29) is 10.9 Å². The number of methoxy groups -OCH3 is 1. The van der Waals surface area contributed by atoms with E-state index in [9.17, 15) is 8.42 Å². The summed E-state index contributed by atoms with van der Waals surface area (Å²) >= 11 is 0.978. The van der Waals surface area contributed by atoms with Crippen LogP contribution in [0.1, 0.15) is 5.56 Å². The van der Waals surface area contributed by atoms with E-state index in [2.05, 4.69) is 23.8 Å². The van der Waals surface area contributed by atoms with Gasteiger partial charge in [-0.05, 0) is 18.2 Å². The smallest absolute Gasteiger partial charge is 0.266 e. The Morgan fingerprint density at radius 3 is 2.86 bits per heavy atom.